The van der Waals surface area contributed by atoms with Crippen LogP contribution in [-0.2, 0) is 0 Å². The van der Waals surface area contributed by atoms with E-state index in [1.54, 1.807) is 4.90 Å². The van der Waals surface area contributed by atoms with E-state index in [2.05, 4.69) is 5.32 Å². The van der Waals surface area contributed by atoms with Crippen molar-refractivity contribution in [2.24, 2.45) is 0 Å². The van der Waals surface area contributed by atoms with E-state index in [1.807, 2.05) is 7.05 Å². The van der Waals surface area contributed by atoms with Gasteiger partial charge in [0.25, 0.3) is 5.91 Å². The van der Waals surface area contributed by atoms with Crippen LogP contribution < -0.4 is 10.9 Å². The standard InChI is InChI=1S/C14H18N2O3/c1-16(12-6-10-3-4-11(7-12)15-10)14(18)9-2-5-13(17)19-8-9/h2,5,8,10-12,15H,3-4,6-7H2,1H3. The molecule has 5 nitrogen and oxygen atoms in total. The Bertz CT molecular complexity index is 507. The summed E-state index contributed by atoms with van der Waals surface area (Å²) in [4.78, 5) is 25.0. The number of piperidine rings is 1. The summed E-state index contributed by atoms with van der Waals surface area (Å²) >= 11 is 0. The fourth-order valence-corrected chi connectivity index (χ4v) is 3.19. The van der Waals surface area contributed by atoms with Crippen molar-refractivity contribution in [2.45, 2.75) is 43.8 Å². The average Bonchev–Trinajstić information content (AvgIpc) is 2.76. The number of amides is 1. The Morgan fingerprint density at radius 1 is 1.32 bits per heavy atom. The van der Waals surface area contributed by atoms with E-state index in [9.17, 15) is 9.59 Å². The van der Waals surface area contributed by atoms with Crippen LogP contribution in [0.15, 0.2) is 27.6 Å². The summed E-state index contributed by atoms with van der Waals surface area (Å²) in [6.45, 7) is 0. The molecule has 0 spiro atoms. The first kappa shape index (κ1) is 12.4. The Kier molecular flexibility index (Phi) is 3.14. The van der Waals surface area contributed by atoms with Crippen molar-refractivity contribution in [3.63, 3.8) is 0 Å². The molecule has 2 fully saturated rings. The van der Waals surface area contributed by atoms with Crippen LogP contribution >= 0.6 is 0 Å². The number of carbonyl (C=O) groups excluding carboxylic acids is 1. The van der Waals surface area contributed by atoms with Gasteiger partial charge in [-0.2, -0.15) is 0 Å². The molecule has 2 unspecified atom stereocenters. The zero-order chi connectivity index (χ0) is 13.4. The van der Waals surface area contributed by atoms with Crippen molar-refractivity contribution in [2.75, 3.05) is 7.05 Å². The second-order valence-corrected chi connectivity index (χ2v) is 5.52. The summed E-state index contributed by atoms with van der Waals surface area (Å²) in [6, 6.07) is 4.19. The SMILES string of the molecule is CN(C(=O)c1ccc(=O)oc1)C1CC2CCC(C1)N2. The molecular formula is C14H18N2O3. The zero-order valence-corrected chi connectivity index (χ0v) is 11.0. The Morgan fingerprint density at radius 2 is 2.00 bits per heavy atom. The van der Waals surface area contributed by atoms with Gasteiger partial charge < -0.3 is 14.6 Å². The number of hydrogen-bond acceptors (Lipinski definition) is 4. The van der Waals surface area contributed by atoms with Gasteiger partial charge in [0, 0.05) is 31.2 Å². The van der Waals surface area contributed by atoms with E-state index in [1.165, 1.54) is 31.2 Å². The number of hydrogen-bond donors (Lipinski definition) is 1. The van der Waals surface area contributed by atoms with E-state index in [0.29, 0.717) is 17.6 Å². The lowest BCUT2D eigenvalue weighted by Crippen LogP contribution is -2.48. The highest BCUT2D eigenvalue weighted by molar-refractivity contribution is 5.93. The van der Waals surface area contributed by atoms with Crippen LogP contribution in [0.1, 0.15) is 36.0 Å². The van der Waals surface area contributed by atoms with E-state index < -0.39 is 5.63 Å². The van der Waals surface area contributed by atoms with Gasteiger partial charge in [-0.15, -0.1) is 0 Å². The van der Waals surface area contributed by atoms with E-state index >= 15 is 0 Å². The quantitative estimate of drug-likeness (QED) is 0.863. The molecule has 3 heterocycles. The first-order chi connectivity index (χ1) is 9.13. The molecule has 1 aromatic rings. The lowest BCUT2D eigenvalue weighted by Gasteiger charge is -2.35. The number of carbonyl (C=O) groups is 1. The van der Waals surface area contributed by atoms with Crippen LogP contribution in [0, 0.1) is 0 Å². The van der Waals surface area contributed by atoms with Crippen molar-refractivity contribution in [1.82, 2.24) is 10.2 Å². The van der Waals surface area contributed by atoms with Gasteiger partial charge >= 0.3 is 5.63 Å². The van der Waals surface area contributed by atoms with Gasteiger partial charge in [0.1, 0.15) is 6.26 Å². The third-order valence-electron chi connectivity index (χ3n) is 4.26. The summed E-state index contributed by atoms with van der Waals surface area (Å²) in [7, 11) is 1.84. The summed E-state index contributed by atoms with van der Waals surface area (Å²) in [6.07, 6.45) is 5.69. The molecule has 2 saturated heterocycles. The minimum Gasteiger partial charge on any atom is -0.430 e. The molecule has 0 saturated carbocycles. The molecule has 19 heavy (non-hydrogen) atoms. The molecule has 2 bridgehead atoms. The Labute approximate surface area is 111 Å². The largest absolute Gasteiger partial charge is 0.430 e. The molecule has 5 heteroatoms. The molecule has 102 valence electrons. The van der Waals surface area contributed by atoms with Gasteiger partial charge in [-0.3, -0.25) is 4.79 Å². The Morgan fingerprint density at radius 3 is 2.58 bits per heavy atom. The van der Waals surface area contributed by atoms with Crippen LogP contribution in [-0.4, -0.2) is 36.0 Å². The molecular weight excluding hydrogens is 244 g/mol. The summed E-state index contributed by atoms with van der Waals surface area (Å²) in [5, 5.41) is 3.56. The lowest BCUT2D eigenvalue weighted by molar-refractivity contribution is 0.0679. The summed E-state index contributed by atoms with van der Waals surface area (Å²) < 4.78 is 4.76. The first-order valence-electron chi connectivity index (χ1n) is 6.75. The monoisotopic (exact) mass is 262 g/mol. The number of rotatable bonds is 2. The number of fused-ring (bicyclic) bond motifs is 2. The van der Waals surface area contributed by atoms with Crippen LogP contribution in [0.5, 0.6) is 0 Å². The van der Waals surface area contributed by atoms with Crippen LogP contribution in [0.2, 0.25) is 0 Å². The highest BCUT2D eigenvalue weighted by Gasteiger charge is 2.36. The normalized spacial score (nSPS) is 29.2. The van der Waals surface area contributed by atoms with Crippen molar-refractivity contribution < 1.29 is 9.21 Å². The second kappa shape index (κ2) is 4.81. The van der Waals surface area contributed by atoms with E-state index in [4.69, 9.17) is 4.42 Å². The van der Waals surface area contributed by atoms with Crippen molar-refractivity contribution in [1.29, 1.82) is 0 Å². The fraction of sp³-hybridized carbons (Fsp3) is 0.571. The van der Waals surface area contributed by atoms with Gasteiger partial charge in [0.05, 0.1) is 5.56 Å². The smallest absolute Gasteiger partial charge is 0.335 e. The minimum absolute atomic E-state index is 0.0740. The topological polar surface area (TPSA) is 62.6 Å². The van der Waals surface area contributed by atoms with Gasteiger partial charge in [-0.05, 0) is 31.7 Å². The van der Waals surface area contributed by atoms with E-state index in [0.717, 1.165) is 12.8 Å². The average molecular weight is 262 g/mol. The maximum absolute atomic E-state index is 12.3. The predicted molar refractivity (Wildman–Crippen MR) is 70.0 cm³/mol. The molecule has 0 radical (unpaired) electrons. The molecule has 1 aromatic heterocycles. The molecule has 2 aliphatic heterocycles. The summed E-state index contributed by atoms with van der Waals surface area (Å²) in [5.41, 5.74) is 0.00657. The zero-order valence-electron chi connectivity index (χ0n) is 11.0. The van der Waals surface area contributed by atoms with Gasteiger partial charge in [0.15, 0.2) is 0 Å². The number of nitrogens with one attached hydrogen (secondary N) is 1. The molecule has 1 N–H and O–H groups in total. The van der Waals surface area contributed by atoms with Crippen molar-refractivity contribution in [3.05, 3.63) is 34.4 Å². The van der Waals surface area contributed by atoms with Gasteiger partial charge in [0.2, 0.25) is 0 Å². The third-order valence-corrected chi connectivity index (χ3v) is 4.26. The Hall–Kier alpha value is -1.62. The third kappa shape index (κ3) is 2.42. The van der Waals surface area contributed by atoms with E-state index in [-0.39, 0.29) is 11.9 Å². The maximum atomic E-state index is 12.3. The highest BCUT2D eigenvalue weighted by atomic mass is 16.4. The van der Waals surface area contributed by atoms with Crippen LogP contribution in [0.3, 0.4) is 0 Å². The molecule has 0 aliphatic carbocycles. The minimum atomic E-state index is -0.431. The second-order valence-electron chi connectivity index (χ2n) is 5.52. The van der Waals surface area contributed by atoms with Crippen LogP contribution in [0.4, 0.5) is 0 Å². The molecule has 2 aliphatic rings. The molecule has 3 rings (SSSR count). The number of nitrogens with zero attached hydrogens (tertiary/aromatic N) is 1. The van der Waals surface area contributed by atoms with Gasteiger partial charge in [-0.25, -0.2) is 4.79 Å². The molecule has 1 amide bonds. The predicted octanol–water partition coefficient (Wildman–Crippen LogP) is 0.995. The highest BCUT2D eigenvalue weighted by Crippen LogP contribution is 2.29. The van der Waals surface area contributed by atoms with Crippen LogP contribution in [0.25, 0.3) is 0 Å². The maximum Gasteiger partial charge on any atom is 0.335 e. The fourth-order valence-electron chi connectivity index (χ4n) is 3.19. The molecule has 2 atom stereocenters. The van der Waals surface area contributed by atoms with Crippen molar-refractivity contribution >= 4 is 5.91 Å². The summed E-state index contributed by atoms with van der Waals surface area (Å²) in [5.74, 6) is -0.0740. The first-order valence-corrected chi connectivity index (χ1v) is 6.75. The Balaban J connectivity index is 1.72. The van der Waals surface area contributed by atoms with Gasteiger partial charge in [-0.1, -0.05) is 0 Å². The van der Waals surface area contributed by atoms with Crippen molar-refractivity contribution in [3.8, 4) is 0 Å². The molecule has 0 aromatic carbocycles. The lowest BCUT2D eigenvalue weighted by atomic mass is 9.98.